The molecule has 0 nitrogen and oxygen atoms in total. The fourth-order valence-electron chi connectivity index (χ4n) is 6.61. The van der Waals surface area contributed by atoms with Gasteiger partial charge in [0.1, 0.15) is 0 Å². The maximum atomic E-state index is 2.48. The van der Waals surface area contributed by atoms with Gasteiger partial charge in [0.25, 0.3) is 0 Å². The zero-order chi connectivity index (χ0) is 23.9. The van der Waals surface area contributed by atoms with E-state index >= 15 is 0 Å². The van der Waals surface area contributed by atoms with Gasteiger partial charge in [-0.15, -0.1) is 0 Å². The fraction of sp³-hybridized carbons (Fsp3) is 0.143. The molecule has 0 atom stereocenters. The Labute approximate surface area is 207 Å². The quantitative estimate of drug-likeness (QED) is 0.217. The van der Waals surface area contributed by atoms with Gasteiger partial charge in [-0.1, -0.05) is 97.1 Å². The van der Waals surface area contributed by atoms with Crippen molar-refractivity contribution in [1.82, 2.24) is 0 Å². The lowest BCUT2D eigenvalue weighted by Crippen LogP contribution is -2.29. The summed E-state index contributed by atoms with van der Waals surface area (Å²) in [5.74, 6) is 0. The maximum absolute atomic E-state index is 2.48. The summed E-state index contributed by atoms with van der Waals surface area (Å²) in [5, 5.41) is 0. The SMILES string of the molecule is Cc1cc2c(cc1C)C1(c3cc(C)c(C)cc3-c3ccccc3-2)c2ccccc2-c2ccccc21. The summed E-state index contributed by atoms with van der Waals surface area (Å²) in [5.41, 5.74) is 18.6. The number of fused-ring (bicyclic) bond motifs is 12. The van der Waals surface area contributed by atoms with Gasteiger partial charge < -0.3 is 0 Å². The van der Waals surface area contributed by atoms with Gasteiger partial charge in [-0.3, -0.25) is 0 Å². The van der Waals surface area contributed by atoms with Crippen LogP contribution in [0.2, 0.25) is 0 Å². The molecule has 2 aliphatic carbocycles. The normalized spacial score (nSPS) is 13.9. The second kappa shape index (κ2) is 7.06. The largest absolute Gasteiger partial charge is 0.0725 e. The van der Waals surface area contributed by atoms with Crippen molar-refractivity contribution in [3.63, 3.8) is 0 Å². The highest BCUT2D eigenvalue weighted by molar-refractivity contribution is 5.97. The van der Waals surface area contributed by atoms with Crippen LogP contribution in [0.5, 0.6) is 0 Å². The van der Waals surface area contributed by atoms with Crippen molar-refractivity contribution < 1.29 is 0 Å². The van der Waals surface area contributed by atoms with E-state index in [4.69, 9.17) is 0 Å². The molecule has 7 rings (SSSR count). The van der Waals surface area contributed by atoms with Crippen molar-refractivity contribution in [2.75, 3.05) is 0 Å². The smallest absolute Gasteiger partial charge is 0.0619 e. The Bertz CT molecular complexity index is 1560. The molecular formula is C35H28. The zero-order valence-corrected chi connectivity index (χ0v) is 20.7. The molecule has 2 aliphatic rings. The molecule has 0 saturated carbocycles. The van der Waals surface area contributed by atoms with E-state index in [1.165, 1.54) is 77.9 Å². The third-order valence-electron chi connectivity index (χ3n) is 8.54. The van der Waals surface area contributed by atoms with Crippen molar-refractivity contribution in [3.8, 4) is 33.4 Å². The Morgan fingerprint density at radius 3 is 1.11 bits per heavy atom. The molecule has 0 radical (unpaired) electrons. The second-order valence-electron chi connectivity index (χ2n) is 10.4. The van der Waals surface area contributed by atoms with E-state index in [1.807, 2.05) is 0 Å². The molecule has 0 heteroatoms. The molecule has 0 unspecified atom stereocenters. The van der Waals surface area contributed by atoms with Crippen LogP contribution in [0.4, 0.5) is 0 Å². The van der Waals surface area contributed by atoms with Crippen molar-refractivity contribution in [2.45, 2.75) is 33.1 Å². The summed E-state index contributed by atoms with van der Waals surface area (Å²) in [6.07, 6.45) is 0. The van der Waals surface area contributed by atoms with Crippen LogP contribution in [0, 0.1) is 27.7 Å². The lowest BCUT2D eigenvalue weighted by atomic mass is 9.65. The van der Waals surface area contributed by atoms with Crippen molar-refractivity contribution >= 4 is 0 Å². The van der Waals surface area contributed by atoms with Crippen LogP contribution in [0.25, 0.3) is 33.4 Å². The Morgan fingerprint density at radius 1 is 0.343 bits per heavy atom. The molecule has 5 aromatic rings. The van der Waals surface area contributed by atoms with Crippen LogP contribution in [0.3, 0.4) is 0 Å². The third-order valence-corrected chi connectivity index (χ3v) is 8.54. The Kier molecular flexibility index (Phi) is 4.13. The van der Waals surface area contributed by atoms with E-state index in [1.54, 1.807) is 0 Å². The highest BCUT2D eigenvalue weighted by atomic mass is 14.5. The van der Waals surface area contributed by atoms with E-state index in [-0.39, 0.29) is 5.41 Å². The molecule has 5 aromatic carbocycles. The van der Waals surface area contributed by atoms with E-state index in [0.29, 0.717) is 0 Å². The summed E-state index contributed by atoms with van der Waals surface area (Å²) in [6, 6.07) is 37.0. The van der Waals surface area contributed by atoms with Gasteiger partial charge in [-0.2, -0.15) is 0 Å². The minimum atomic E-state index is -0.367. The van der Waals surface area contributed by atoms with Gasteiger partial charge in [-0.05, 0) is 106 Å². The van der Waals surface area contributed by atoms with Gasteiger partial charge in [0.15, 0.2) is 0 Å². The monoisotopic (exact) mass is 448 g/mol. The second-order valence-corrected chi connectivity index (χ2v) is 10.4. The molecule has 0 bridgehead atoms. The minimum absolute atomic E-state index is 0.367. The fourth-order valence-corrected chi connectivity index (χ4v) is 6.61. The molecule has 0 heterocycles. The molecule has 0 aromatic heterocycles. The molecule has 35 heavy (non-hydrogen) atoms. The third kappa shape index (κ3) is 2.52. The summed E-state index contributed by atoms with van der Waals surface area (Å²) < 4.78 is 0. The Hall–Kier alpha value is -3.90. The summed E-state index contributed by atoms with van der Waals surface area (Å²) >= 11 is 0. The lowest BCUT2D eigenvalue weighted by molar-refractivity contribution is 0.772. The van der Waals surface area contributed by atoms with E-state index in [0.717, 1.165) is 0 Å². The van der Waals surface area contributed by atoms with E-state index < -0.39 is 0 Å². The topological polar surface area (TPSA) is 0 Å². The predicted octanol–water partition coefficient (Wildman–Crippen LogP) is 8.93. The van der Waals surface area contributed by atoms with Gasteiger partial charge in [0.05, 0.1) is 5.41 Å². The van der Waals surface area contributed by atoms with Crippen LogP contribution >= 0.6 is 0 Å². The first-order valence-corrected chi connectivity index (χ1v) is 12.5. The molecule has 0 fully saturated rings. The molecule has 0 saturated heterocycles. The molecular weight excluding hydrogens is 420 g/mol. The van der Waals surface area contributed by atoms with Crippen molar-refractivity contribution in [2.24, 2.45) is 0 Å². The summed E-state index contributed by atoms with van der Waals surface area (Å²) in [7, 11) is 0. The van der Waals surface area contributed by atoms with Gasteiger partial charge in [0.2, 0.25) is 0 Å². The number of benzene rings is 5. The zero-order valence-electron chi connectivity index (χ0n) is 20.7. The Morgan fingerprint density at radius 2 is 0.686 bits per heavy atom. The van der Waals surface area contributed by atoms with Crippen LogP contribution in [0.15, 0.2) is 97.1 Å². The van der Waals surface area contributed by atoms with Gasteiger partial charge in [-0.25, -0.2) is 0 Å². The maximum Gasteiger partial charge on any atom is 0.0725 e. The van der Waals surface area contributed by atoms with Gasteiger partial charge in [0, 0.05) is 0 Å². The summed E-state index contributed by atoms with van der Waals surface area (Å²) in [4.78, 5) is 0. The summed E-state index contributed by atoms with van der Waals surface area (Å²) in [6.45, 7) is 9.00. The van der Waals surface area contributed by atoms with Crippen LogP contribution in [-0.4, -0.2) is 0 Å². The number of hydrogen-bond acceptors (Lipinski definition) is 0. The highest BCUT2D eigenvalue weighted by Gasteiger charge is 2.49. The first-order valence-electron chi connectivity index (χ1n) is 12.5. The van der Waals surface area contributed by atoms with Crippen molar-refractivity contribution in [1.29, 1.82) is 0 Å². The Balaban J connectivity index is 1.80. The molecule has 1 spiro atoms. The molecule has 0 N–H and O–H groups in total. The van der Waals surface area contributed by atoms with Crippen molar-refractivity contribution in [3.05, 3.63) is 142 Å². The standard InChI is InChI=1S/C35H28/c1-21-17-29-25-11-5-6-12-26(25)30-18-22(2)24(4)20-34(30)35(33(29)19-23(21)3)31-15-9-7-13-27(31)28-14-8-10-16-32(28)35/h5-20H,1-4H3. The van der Waals surface area contributed by atoms with Gasteiger partial charge >= 0.3 is 0 Å². The minimum Gasteiger partial charge on any atom is -0.0619 e. The first kappa shape index (κ1) is 20.5. The number of aryl methyl sites for hydroxylation is 4. The molecule has 168 valence electrons. The average Bonchev–Trinajstić information content (AvgIpc) is 3.13. The lowest BCUT2D eigenvalue weighted by Gasteiger charge is -2.36. The van der Waals surface area contributed by atoms with E-state index in [2.05, 4.69) is 125 Å². The van der Waals surface area contributed by atoms with E-state index in [9.17, 15) is 0 Å². The predicted molar refractivity (Wildman–Crippen MR) is 147 cm³/mol. The highest BCUT2D eigenvalue weighted by Crippen LogP contribution is 2.61. The molecule has 0 aliphatic heterocycles. The average molecular weight is 449 g/mol. The van der Waals surface area contributed by atoms with Crippen LogP contribution < -0.4 is 0 Å². The number of hydrogen-bond donors (Lipinski definition) is 0. The number of rotatable bonds is 0. The van der Waals surface area contributed by atoms with Crippen LogP contribution in [0.1, 0.15) is 44.5 Å². The molecule has 0 amide bonds. The first-order chi connectivity index (χ1) is 17.0. The van der Waals surface area contributed by atoms with Crippen LogP contribution in [-0.2, 0) is 5.41 Å².